The highest BCUT2D eigenvalue weighted by Gasteiger charge is 2.60. The van der Waals surface area contributed by atoms with E-state index in [0.29, 0.717) is 17.3 Å². The third-order valence-corrected chi connectivity index (χ3v) is 17.4. The molecule has 4 fully saturated rings. The molecule has 4 rings (SSSR count). The van der Waals surface area contributed by atoms with Gasteiger partial charge in [-0.1, -0.05) is 190 Å². The van der Waals surface area contributed by atoms with Gasteiger partial charge in [-0.3, -0.25) is 4.79 Å². The van der Waals surface area contributed by atoms with Crippen molar-refractivity contribution in [2.24, 2.45) is 58.2 Å². The quantitative estimate of drug-likeness (QED) is 0.0588. The molecule has 4 saturated carbocycles. The number of hydrogen-bond donors (Lipinski definition) is 0. The normalized spacial score (nSPS) is 31.9. The number of unbranched alkanes of at least 4 members (excludes halogenated alkanes) is 20. The molecule has 0 aromatic heterocycles. The molecule has 2 nitrogen and oxygen atoms in total. The molecule has 0 spiro atoms. The summed E-state index contributed by atoms with van der Waals surface area (Å²) in [5.74, 6) is 7.13. The highest BCUT2D eigenvalue weighted by atomic mass is 16.5. The molecule has 0 aliphatic heterocycles. The zero-order chi connectivity index (χ0) is 38.8. The maximum Gasteiger partial charge on any atom is 0.306 e. The average molecular weight is 753 g/mol. The Kier molecular flexibility index (Phi) is 20.9. The van der Waals surface area contributed by atoms with E-state index in [0.717, 1.165) is 66.6 Å². The monoisotopic (exact) mass is 753 g/mol. The Morgan fingerprint density at radius 2 is 1.07 bits per heavy atom. The molecular weight excluding hydrogens is 657 g/mol. The van der Waals surface area contributed by atoms with Crippen LogP contribution in [0.5, 0.6) is 0 Å². The van der Waals surface area contributed by atoms with Crippen LogP contribution in [0.1, 0.15) is 260 Å². The number of carbonyl (C=O) groups is 1. The van der Waals surface area contributed by atoms with Crippen LogP contribution in [0, 0.1) is 58.2 Å². The molecule has 0 aromatic carbocycles. The lowest BCUT2D eigenvalue weighted by molar-refractivity contribution is -0.162. The zero-order valence-electron chi connectivity index (χ0n) is 37.8. The van der Waals surface area contributed by atoms with Gasteiger partial charge in [-0.15, -0.1) is 0 Å². The van der Waals surface area contributed by atoms with Crippen LogP contribution in [0.2, 0.25) is 0 Å². The number of esters is 1. The first kappa shape index (κ1) is 46.2. The van der Waals surface area contributed by atoms with Gasteiger partial charge in [-0.25, -0.2) is 0 Å². The van der Waals surface area contributed by atoms with Gasteiger partial charge in [-0.2, -0.15) is 0 Å². The molecule has 10 atom stereocenters. The van der Waals surface area contributed by atoms with E-state index in [9.17, 15) is 4.79 Å². The smallest absolute Gasteiger partial charge is 0.306 e. The Balaban J connectivity index is 0.999. The van der Waals surface area contributed by atoms with Crippen LogP contribution in [-0.2, 0) is 9.53 Å². The fraction of sp³-hybridized carbons (Fsp3) is 0.981. The standard InChI is InChI=1S/C52H96O2/c1-8-9-10-11-12-13-14-15-16-17-18-19-20-21-22-23-24-25-26-27-28-29-50(53)54-45-36-38-51(6)44(40-45)32-33-46-48-35-34-47(52(48,7)39-37-49(46)51)43(5)31-30-42(4)41(2)3/h41-49H,8-40H2,1-7H3/t42-,43+,44-,45-,46-,47+,48-,49-,51-,52+/m0/s1. The van der Waals surface area contributed by atoms with Crippen molar-refractivity contribution >= 4 is 5.97 Å². The van der Waals surface area contributed by atoms with Gasteiger partial charge in [0.05, 0.1) is 0 Å². The van der Waals surface area contributed by atoms with Gasteiger partial charge in [-0.05, 0) is 122 Å². The molecule has 316 valence electrons. The summed E-state index contributed by atoms with van der Waals surface area (Å²) in [5, 5.41) is 0. The van der Waals surface area contributed by atoms with E-state index in [-0.39, 0.29) is 12.1 Å². The summed E-state index contributed by atoms with van der Waals surface area (Å²) < 4.78 is 6.21. The Hall–Kier alpha value is -0.530. The van der Waals surface area contributed by atoms with E-state index in [1.807, 2.05) is 0 Å². The largest absolute Gasteiger partial charge is 0.462 e. The van der Waals surface area contributed by atoms with E-state index in [4.69, 9.17) is 4.74 Å². The molecule has 0 radical (unpaired) electrons. The number of rotatable bonds is 28. The maximum absolute atomic E-state index is 12.9. The molecule has 0 saturated heterocycles. The van der Waals surface area contributed by atoms with Crippen molar-refractivity contribution in [1.29, 1.82) is 0 Å². The van der Waals surface area contributed by atoms with Gasteiger partial charge in [0.2, 0.25) is 0 Å². The Labute approximate surface area is 339 Å². The SMILES string of the molecule is CCCCCCCCCCCCCCCCCCCCCCCC(=O)O[C@H]1CC[C@@]2(C)[C@@H](CC[C@@H]3[C@@H]2CC[C@]2(C)[C@@H]([C@H](C)CC[C@H](C)C(C)C)CC[C@@H]32)C1. The maximum atomic E-state index is 12.9. The third-order valence-electron chi connectivity index (χ3n) is 17.4. The molecule has 0 aromatic rings. The van der Waals surface area contributed by atoms with E-state index in [1.165, 1.54) is 186 Å². The molecule has 0 bridgehead atoms. The van der Waals surface area contributed by atoms with E-state index in [2.05, 4.69) is 48.5 Å². The summed E-state index contributed by atoms with van der Waals surface area (Å²) in [6, 6.07) is 0. The third kappa shape index (κ3) is 13.8. The summed E-state index contributed by atoms with van der Waals surface area (Å²) >= 11 is 0. The lowest BCUT2D eigenvalue weighted by Crippen LogP contribution is -2.54. The lowest BCUT2D eigenvalue weighted by atomic mass is 9.44. The molecule has 2 heteroatoms. The summed E-state index contributed by atoms with van der Waals surface area (Å²) in [4.78, 5) is 12.9. The van der Waals surface area contributed by atoms with Gasteiger partial charge in [0, 0.05) is 6.42 Å². The number of ether oxygens (including phenoxy) is 1. The number of carbonyl (C=O) groups excluding carboxylic acids is 1. The second-order valence-corrected chi connectivity index (χ2v) is 21.4. The minimum absolute atomic E-state index is 0.0948. The zero-order valence-corrected chi connectivity index (χ0v) is 37.8. The first-order chi connectivity index (χ1) is 26.1. The van der Waals surface area contributed by atoms with Crippen LogP contribution in [0.25, 0.3) is 0 Å². The van der Waals surface area contributed by atoms with Gasteiger partial charge >= 0.3 is 5.97 Å². The molecule has 4 aliphatic carbocycles. The van der Waals surface area contributed by atoms with Gasteiger partial charge < -0.3 is 4.74 Å². The molecular formula is C52H96O2. The first-order valence-electron chi connectivity index (χ1n) is 25.3. The molecule has 4 aliphatic rings. The summed E-state index contributed by atoms with van der Waals surface area (Å²) in [6.07, 6.45) is 45.3. The average Bonchev–Trinajstić information content (AvgIpc) is 3.51. The molecule has 0 N–H and O–H groups in total. The fourth-order valence-electron chi connectivity index (χ4n) is 13.3. The van der Waals surface area contributed by atoms with E-state index >= 15 is 0 Å². The predicted octanol–water partition coefficient (Wildman–Crippen LogP) is 16.9. The second-order valence-electron chi connectivity index (χ2n) is 21.4. The van der Waals surface area contributed by atoms with Gasteiger partial charge in [0.15, 0.2) is 0 Å². The highest BCUT2D eigenvalue weighted by molar-refractivity contribution is 5.69. The Morgan fingerprint density at radius 1 is 0.574 bits per heavy atom. The van der Waals surface area contributed by atoms with Crippen molar-refractivity contribution < 1.29 is 9.53 Å². The van der Waals surface area contributed by atoms with Crippen molar-refractivity contribution in [1.82, 2.24) is 0 Å². The van der Waals surface area contributed by atoms with Crippen molar-refractivity contribution in [3.63, 3.8) is 0 Å². The van der Waals surface area contributed by atoms with Crippen LogP contribution in [0.4, 0.5) is 0 Å². The minimum atomic E-state index is 0.0948. The molecule has 54 heavy (non-hydrogen) atoms. The van der Waals surface area contributed by atoms with Crippen molar-refractivity contribution in [3.05, 3.63) is 0 Å². The van der Waals surface area contributed by atoms with Crippen molar-refractivity contribution in [2.75, 3.05) is 0 Å². The van der Waals surface area contributed by atoms with Crippen LogP contribution < -0.4 is 0 Å². The van der Waals surface area contributed by atoms with E-state index in [1.54, 1.807) is 0 Å². The van der Waals surface area contributed by atoms with Crippen molar-refractivity contribution in [3.8, 4) is 0 Å². The highest BCUT2D eigenvalue weighted by Crippen LogP contribution is 2.68. The minimum Gasteiger partial charge on any atom is -0.462 e. The molecule has 0 heterocycles. The molecule has 0 amide bonds. The van der Waals surface area contributed by atoms with Crippen LogP contribution >= 0.6 is 0 Å². The summed E-state index contributed by atoms with van der Waals surface area (Å²) in [5.41, 5.74) is 1.04. The van der Waals surface area contributed by atoms with Crippen LogP contribution in [-0.4, -0.2) is 12.1 Å². The first-order valence-corrected chi connectivity index (χ1v) is 25.3. The Morgan fingerprint density at radius 3 is 1.61 bits per heavy atom. The number of hydrogen-bond acceptors (Lipinski definition) is 2. The second kappa shape index (κ2) is 24.4. The van der Waals surface area contributed by atoms with Gasteiger partial charge in [0.25, 0.3) is 0 Å². The molecule has 0 unspecified atom stereocenters. The van der Waals surface area contributed by atoms with Crippen molar-refractivity contribution in [2.45, 2.75) is 266 Å². The summed E-state index contributed by atoms with van der Waals surface area (Å²) in [6.45, 7) is 17.6. The summed E-state index contributed by atoms with van der Waals surface area (Å²) in [7, 11) is 0. The fourth-order valence-corrected chi connectivity index (χ4v) is 13.3. The topological polar surface area (TPSA) is 26.3 Å². The van der Waals surface area contributed by atoms with Crippen LogP contribution in [0.3, 0.4) is 0 Å². The van der Waals surface area contributed by atoms with E-state index < -0.39 is 0 Å². The Bertz CT molecular complexity index is 1000. The number of fused-ring (bicyclic) bond motifs is 5. The lowest BCUT2D eigenvalue weighted by Gasteiger charge is -2.61. The van der Waals surface area contributed by atoms with Gasteiger partial charge in [0.1, 0.15) is 6.10 Å². The predicted molar refractivity (Wildman–Crippen MR) is 235 cm³/mol. The van der Waals surface area contributed by atoms with Crippen LogP contribution in [0.15, 0.2) is 0 Å².